The third-order valence-electron chi connectivity index (χ3n) is 7.01. The van der Waals surface area contributed by atoms with Crippen molar-refractivity contribution in [3.05, 3.63) is 29.3 Å². The molecule has 2 N–H and O–H groups in total. The van der Waals surface area contributed by atoms with Crippen LogP contribution in [0.25, 0.3) is 0 Å². The van der Waals surface area contributed by atoms with E-state index in [1.54, 1.807) is 6.07 Å². The summed E-state index contributed by atoms with van der Waals surface area (Å²) >= 11 is 0. The fourth-order valence-corrected chi connectivity index (χ4v) is 5.94. The zero-order valence-electron chi connectivity index (χ0n) is 12.4. The Morgan fingerprint density at radius 1 is 1.19 bits per heavy atom. The van der Waals surface area contributed by atoms with Gasteiger partial charge in [-0.05, 0) is 72.6 Å². The normalized spacial score (nSPS) is 49.8. The molecule has 2 saturated carbocycles. The van der Waals surface area contributed by atoms with Crippen LogP contribution in [0.5, 0.6) is 5.75 Å². The van der Waals surface area contributed by atoms with E-state index >= 15 is 0 Å². The summed E-state index contributed by atoms with van der Waals surface area (Å²) in [7, 11) is 0. The minimum Gasteiger partial charge on any atom is -0.508 e. The lowest BCUT2D eigenvalue weighted by Crippen LogP contribution is -2.48. The molecule has 0 bridgehead atoms. The molecule has 1 saturated heterocycles. The Morgan fingerprint density at radius 3 is 2.90 bits per heavy atom. The molecule has 1 heterocycles. The fourth-order valence-electron chi connectivity index (χ4n) is 5.94. The molecule has 6 atom stereocenters. The van der Waals surface area contributed by atoms with Crippen molar-refractivity contribution in [2.45, 2.75) is 56.8 Å². The molecule has 21 heavy (non-hydrogen) atoms. The molecule has 0 radical (unpaired) electrons. The van der Waals surface area contributed by atoms with E-state index in [0.717, 1.165) is 32.1 Å². The van der Waals surface area contributed by atoms with E-state index < -0.39 is 0 Å². The van der Waals surface area contributed by atoms with E-state index in [-0.39, 0.29) is 23.2 Å². The van der Waals surface area contributed by atoms with Gasteiger partial charge in [-0.25, -0.2) is 0 Å². The average Bonchev–Trinajstić information content (AvgIpc) is 3.07. The number of aliphatic hydroxyl groups is 1. The van der Waals surface area contributed by atoms with Gasteiger partial charge in [0.15, 0.2) is 0 Å². The van der Waals surface area contributed by atoms with Gasteiger partial charge in [-0.1, -0.05) is 13.0 Å². The van der Waals surface area contributed by atoms with Gasteiger partial charge in [-0.3, -0.25) is 0 Å². The summed E-state index contributed by atoms with van der Waals surface area (Å²) in [4.78, 5) is 0. The molecule has 3 nitrogen and oxygen atoms in total. The van der Waals surface area contributed by atoms with Crippen molar-refractivity contribution in [3.63, 3.8) is 0 Å². The van der Waals surface area contributed by atoms with Crippen LogP contribution < -0.4 is 0 Å². The highest BCUT2D eigenvalue weighted by molar-refractivity contribution is 5.46. The average molecular weight is 286 g/mol. The number of ether oxygens (including phenoxy) is 1. The lowest BCUT2D eigenvalue weighted by molar-refractivity contribution is -0.0185. The number of benzene rings is 1. The number of rotatable bonds is 0. The number of aromatic hydroxyl groups is 1. The Balaban J connectivity index is 1.63. The maximum atomic E-state index is 10.5. The maximum absolute atomic E-state index is 10.5. The minimum absolute atomic E-state index is 0.0454. The Labute approximate surface area is 124 Å². The van der Waals surface area contributed by atoms with Crippen LogP contribution in [0.1, 0.15) is 43.7 Å². The van der Waals surface area contributed by atoms with Gasteiger partial charge in [0, 0.05) is 0 Å². The molecule has 4 aliphatic rings. The lowest BCUT2D eigenvalue weighted by atomic mass is 9.55. The standard InChI is InChI=1S/C18H22O3/c1-17-9-16-18(21-16)12-5-3-11(19)8-10(12)2-4-14(18)13(17)6-7-15(17)20/h3,5,8,13-16,19-20H,2,4,6-7,9H2,1H3/t13-,14-,15-,16+,17-,18-/m0/s1. The minimum atomic E-state index is -0.161. The first-order valence-corrected chi connectivity index (χ1v) is 8.24. The van der Waals surface area contributed by atoms with Crippen LogP contribution >= 0.6 is 0 Å². The Kier molecular flexibility index (Phi) is 2.16. The van der Waals surface area contributed by atoms with Gasteiger partial charge in [0.05, 0.1) is 12.2 Å². The second kappa shape index (κ2) is 3.64. The van der Waals surface area contributed by atoms with Gasteiger partial charge in [0.2, 0.25) is 0 Å². The van der Waals surface area contributed by atoms with E-state index in [9.17, 15) is 10.2 Å². The van der Waals surface area contributed by atoms with Gasteiger partial charge in [-0.15, -0.1) is 0 Å². The zero-order chi connectivity index (χ0) is 14.4. The van der Waals surface area contributed by atoms with Crippen LogP contribution in [0, 0.1) is 17.3 Å². The highest BCUT2D eigenvalue weighted by Gasteiger charge is 2.73. The summed E-state index contributed by atoms with van der Waals surface area (Å²) in [6, 6.07) is 5.78. The molecule has 5 rings (SSSR count). The van der Waals surface area contributed by atoms with Crippen molar-refractivity contribution in [2.75, 3.05) is 0 Å². The number of phenols is 1. The summed E-state index contributed by atoms with van der Waals surface area (Å²) < 4.78 is 6.29. The molecule has 0 unspecified atom stereocenters. The van der Waals surface area contributed by atoms with Crippen molar-refractivity contribution >= 4 is 0 Å². The summed E-state index contributed by atoms with van der Waals surface area (Å²) in [5.74, 6) is 1.47. The number of aliphatic hydroxyl groups excluding tert-OH is 1. The molecule has 1 aromatic carbocycles. The van der Waals surface area contributed by atoms with Crippen molar-refractivity contribution in [3.8, 4) is 5.75 Å². The quantitative estimate of drug-likeness (QED) is 0.721. The largest absolute Gasteiger partial charge is 0.508 e. The maximum Gasteiger partial charge on any atom is 0.123 e. The van der Waals surface area contributed by atoms with Crippen LogP contribution in [0.2, 0.25) is 0 Å². The smallest absolute Gasteiger partial charge is 0.123 e. The van der Waals surface area contributed by atoms with Crippen molar-refractivity contribution < 1.29 is 14.9 Å². The monoisotopic (exact) mass is 286 g/mol. The van der Waals surface area contributed by atoms with E-state index in [0.29, 0.717) is 17.6 Å². The molecule has 3 fully saturated rings. The first-order valence-electron chi connectivity index (χ1n) is 8.24. The van der Waals surface area contributed by atoms with Crippen LogP contribution in [0.15, 0.2) is 18.2 Å². The third kappa shape index (κ3) is 1.33. The van der Waals surface area contributed by atoms with Crippen LogP contribution in [0.4, 0.5) is 0 Å². The van der Waals surface area contributed by atoms with E-state index in [1.165, 1.54) is 11.1 Å². The van der Waals surface area contributed by atoms with Gasteiger partial charge in [-0.2, -0.15) is 0 Å². The van der Waals surface area contributed by atoms with Gasteiger partial charge < -0.3 is 14.9 Å². The van der Waals surface area contributed by atoms with E-state index in [4.69, 9.17) is 4.74 Å². The summed E-state index contributed by atoms with van der Waals surface area (Å²) in [6.45, 7) is 2.27. The van der Waals surface area contributed by atoms with Crippen LogP contribution in [-0.2, 0) is 16.8 Å². The topological polar surface area (TPSA) is 53.0 Å². The van der Waals surface area contributed by atoms with Gasteiger partial charge in [0.25, 0.3) is 0 Å². The van der Waals surface area contributed by atoms with E-state index in [1.807, 2.05) is 6.07 Å². The second-order valence-electron chi connectivity index (χ2n) is 7.80. The molecule has 1 spiro atoms. The molecule has 0 aromatic heterocycles. The Morgan fingerprint density at radius 2 is 2.05 bits per heavy atom. The number of fused-ring (bicyclic) bond motifs is 3. The zero-order valence-corrected chi connectivity index (χ0v) is 12.4. The van der Waals surface area contributed by atoms with E-state index in [2.05, 4.69) is 13.0 Å². The van der Waals surface area contributed by atoms with Gasteiger partial charge in [0.1, 0.15) is 11.4 Å². The fraction of sp³-hybridized carbons (Fsp3) is 0.667. The molecule has 3 heteroatoms. The molecule has 0 amide bonds. The number of phenolic OH excluding ortho intramolecular Hbond substituents is 1. The van der Waals surface area contributed by atoms with Crippen molar-refractivity contribution in [1.29, 1.82) is 0 Å². The first-order chi connectivity index (χ1) is 10.1. The number of hydrogen-bond acceptors (Lipinski definition) is 3. The first kappa shape index (κ1) is 12.5. The summed E-state index contributed by atoms with van der Waals surface area (Å²) in [5, 5.41) is 20.2. The molecular weight excluding hydrogens is 264 g/mol. The molecule has 1 aliphatic heterocycles. The van der Waals surface area contributed by atoms with Gasteiger partial charge >= 0.3 is 0 Å². The van der Waals surface area contributed by atoms with Crippen LogP contribution in [-0.4, -0.2) is 22.4 Å². The highest BCUT2D eigenvalue weighted by Crippen LogP contribution is 2.71. The third-order valence-corrected chi connectivity index (χ3v) is 7.01. The second-order valence-corrected chi connectivity index (χ2v) is 7.80. The predicted molar refractivity (Wildman–Crippen MR) is 77.9 cm³/mol. The summed E-state index contributed by atoms with van der Waals surface area (Å²) in [5.41, 5.74) is 2.51. The summed E-state index contributed by atoms with van der Waals surface area (Å²) in [6.07, 6.45) is 5.31. The lowest BCUT2D eigenvalue weighted by Gasteiger charge is -2.47. The van der Waals surface area contributed by atoms with Crippen LogP contribution in [0.3, 0.4) is 0 Å². The Hall–Kier alpha value is -1.06. The molecular formula is C18H22O3. The predicted octanol–water partition coefficient (Wildman–Crippen LogP) is 2.73. The number of aryl methyl sites for hydroxylation is 1. The van der Waals surface area contributed by atoms with Crippen molar-refractivity contribution in [1.82, 2.24) is 0 Å². The Bertz CT molecular complexity index is 627. The molecule has 112 valence electrons. The SMILES string of the molecule is C[C@]12C[C@H]3O[C@]34c3ccc(O)cc3CC[C@H]4[C@@H]1CC[C@@H]2O. The number of epoxide rings is 1. The number of hydrogen-bond donors (Lipinski definition) is 2. The highest BCUT2D eigenvalue weighted by atomic mass is 16.6. The molecule has 3 aliphatic carbocycles. The molecule has 1 aromatic rings. The van der Waals surface area contributed by atoms with Crippen molar-refractivity contribution in [2.24, 2.45) is 17.3 Å².